The van der Waals surface area contributed by atoms with Gasteiger partial charge in [0.25, 0.3) is 0 Å². The van der Waals surface area contributed by atoms with Crippen molar-refractivity contribution in [3.8, 4) is 55.6 Å². The Hall–Kier alpha value is -8.00. The molecular formula is C64H47N. The molecule has 0 radical (unpaired) electrons. The molecule has 12 rings (SSSR count). The van der Waals surface area contributed by atoms with E-state index in [9.17, 15) is 0 Å². The number of fused-ring (bicyclic) bond motifs is 6. The van der Waals surface area contributed by atoms with Gasteiger partial charge in [-0.1, -0.05) is 220 Å². The Morgan fingerprint density at radius 2 is 0.646 bits per heavy atom. The average Bonchev–Trinajstić information content (AvgIpc) is 3.80. The van der Waals surface area contributed by atoms with Gasteiger partial charge in [0.1, 0.15) is 0 Å². The second-order valence-corrected chi connectivity index (χ2v) is 18.1. The zero-order valence-corrected chi connectivity index (χ0v) is 36.6. The number of hydrogen-bond donors (Lipinski definition) is 0. The van der Waals surface area contributed by atoms with Crippen LogP contribution in [0.4, 0.5) is 17.1 Å². The van der Waals surface area contributed by atoms with Crippen LogP contribution in [0.2, 0.25) is 0 Å². The smallest absolute Gasteiger partial charge is 0.0713 e. The SMILES string of the molecule is CC1(C)c2ccccc2-c2ccc(-c3ccc(N(c4ccc(-c5ccc(-c6ccccc6)cc5)cc4)c4ccc5c(c4)-c4ccccc4C5(c4ccccc4)c4ccccc4)cc3)cc21. The molecule has 1 heteroatoms. The molecule has 0 aromatic heterocycles. The summed E-state index contributed by atoms with van der Waals surface area (Å²) in [5, 5.41) is 0. The van der Waals surface area contributed by atoms with Gasteiger partial charge in [0, 0.05) is 22.5 Å². The van der Waals surface area contributed by atoms with E-state index in [1.54, 1.807) is 0 Å². The lowest BCUT2D eigenvalue weighted by atomic mass is 9.68. The van der Waals surface area contributed by atoms with E-state index in [2.05, 4.69) is 267 Å². The first-order valence-electron chi connectivity index (χ1n) is 22.7. The van der Waals surface area contributed by atoms with Crippen LogP contribution in [-0.4, -0.2) is 0 Å². The molecule has 0 unspecified atom stereocenters. The van der Waals surface area contributed by atoms with Crippen LogP contribution in [0.1, 0.15) is 47.2 Å². The Morgan fingerprint density at radius 3 is 1.22 bits per heavy atom. The van der Waals surface area contributed by atoms with Gasteiger partial charge in [0.15, 0.2) is 0 Å². The molecule has 0 spiro atoms. The highest BCUT2D eigenvalue weighted by atomic mass is 15.1. The third-order valence-corrected chi connectivity index (χ3v) is 14.2. The summed E-state index contributed by atoms with van der Waals surface area (Å²) >= 11 is 0. The van der Waals surface area contributed by atoms with Gasteiger partial charge in [0.05, 0.1) is 5.41 Å². The molecule has 2 aliphatic carbocycles. The summed E-state index contributed by atoms with van der Waals surface area (Å²) in [5.41, 5.74) is 23.2. The molecule has 0 fully saturated rings. The lowest BCUT2D eigenvalue weighted by Crippen LogP contribution is -2.28. The van der Waals surface area contributed by atoms with E-state index in [0.29, 0.717) is 0 Å². The minimum atomic E-state index is -0.455. The van der Waals surface area contributed by atoms with Gasteiger partial charge in [-0.05, 0) is 131 Å². The molecule has 0 aliphatic heterocycles. The summed E-state index contributed by atoms with van der Waals surface area (Å²) in [7, 11) is 0. The van der Waals surface area contributed by atoms with Crippen LogP contribution in [0.3, 0.4) is 0 Å². The largest absolute Gasteiger partial charge is 0.310 e. The highest BCUT2D eigenvalue weighted by molar-refractivity contribution is 5.91. The maximum atomic E-state index is 2.42. The Balaban J connectivity index is 0.975. The van der Waals surface area contributed by atoms with Crippen molar-refractivity contribution in [3.05, 3.63) is 282 Å². The number of anilines is 3. The lowest BCUT2D eigenvalue weighted by molar-refractivity contribution is 0.660. The summed E-state index contributed by atoms with van der Waals surface area (Å²) in [6.07, 6.45) is 0. The van der Waals surface area contributed by atoms with Crippen molar-refractivity contribution in [2.45, 2.75) is 24.7 Å². The molecule has 0 N–H and O–H groups in total. The van der Waals surface area contributed by atoms with Crippen molar-refractivity contribution < 1.29 is 0 Å². The van der Waals surface area contributed by atoms with Gasteiger partial charge in [-0.25, -0.2) is 0 Å². The van der Waals surface area contributed by atoms with Crippen molar-refractivity contribution in [2.24, 2.45) is 0 Å². The number of rotatable bonds is 8. The molecule has 0 saturated heterocycles. The summed E-state index contributed by atoms with van der Waals surface area (Å²) < 4.78 is 0. The maximum Gasteiger partial charge on any atom is 0.0713 e. The second kappa shape index (κ2) is 15.4. The summed E-state index contributed by atoms with van der Waals surface area (Å²) in [6.45, 7) is 4.71. The zero-order chi connectivity index (χ0) is 43.5. The van der Waals surface area contributed by atoms with E-state index in [1.807, 2.05) is 0 Å². The fourth-order valence-electron chi connectivity index (χ4n) is 11.0. The van der Waals surface area contributed by atoms with Crippen LogP contribution in [0, 0.1) is 0 Å². The van der Waals surface area contributed by atoms with E-state index in [4.69, 9.17) is 0 Å². The van der Waals surface area contributed by atoms with Crippen LogP contribution in [-0.2, 0) is 10.8 Å². The molecule has 2 aliphatic rings. The van der Waals surface area contributed by atoms with E-state index >= 15 is 0 Å². The second-order valence-electron chi connectivity index (χ2n) is 18.1. The van der Waals surface area contributed by atoms with Crippen LogP contribution >= 0.6 is 0 Å². The van der Waals surface area contributed by atoms with Crippen molar-refractivity contribution in [1.29, 1.82) is 0 Å². The van der Waals surface area contributed by atoms with Gasteiger partial charge in [0.2, 0.25) is 0 Å². The first-order valence-corrected chi connectivity index (χ1v) is 22.7. The fraction of sp³-hybridized carbons (Fsp3) is 0.0625. The third kappa shape index (κ3) is 6.22. The number of benzene rings is 10. The molecule has 0 bridgehead atoms. The molecule has 1 nitrogen and oxygen atoms in total. The molecular weight excluding hydrogens is 783 g/mol. The molecule has 10 aromatic carbocycles. The van der Waals surface area contributed by atoms with Gasteiger partial charge < -0.3 is 4.90 Å². The molecule has 0 heterocycles. The molecule has 10 aromatic rings. The van der Waals surface area contributed by atoms with Gasteiger partial charge in [-0.15, -0.1) is 0 Å². The van der Waals surface area contributed by atoms with Crippen molar-refractivity contribution in [1.82, 2.24) is 0 Å². The van der Waals surface area contributed by atoms with Gasteiger partial charge in [-0.2, -0.15) is 0 Å². The van der Waals surface area contributed by atoms with Crippen molar-refractivity contribution in [3.63, 3.8) is 0 Å². The van der Waals surface area contributed by atoms with E-state index in [0.717, 1.165) is 17.1 Å². The molecule has 0 saturated carbocycles. The van der Waals surface area contributed by atoms with Crippen LogP contribution < -0.4 is 4.90 Å². The highest BCUT2D eigenvalue weighted by Gasteiger charge is 2.46. The number of nitrogens with zero attached hydrogens (tertiary/aromatic N) is 1. The topological polar surface area (TPSA) is 3.24 Å². The number of hydrogen-bond acceptors (Lipinski definition) is 1. The van der Waals surface area contributed by atoms with Crippen molar-refractivity contribution >= 4 is 17.1 Å². The van der Waals surface area contributed by atoms with Gasteiger partial charge >= 0.3 is 0 Å². The van der Waals surface area contributed by atoms with E-state index in [-0.39, 0.29) is 5.41 Å². The predicted octanol–water partition coefficient (Wildman–Crippen LogP) is 16.8. The summed E-state index contributed by atoms with van der Waals surface area (Å²) in [4.78, 5) is 2.42. The molecule has 0 atom stereocenters. The minimum absolute atomic E-state index is 0.0560. The van der Waals surface area contributed by atoms with Crippen LogP contribution in [0.25, 0.3) is 55.6 Å². The Labute approximate surface area is 382 Å². The minimum Gasteiger partial charge on any atom is -0.310 e. The highest BCUT2D eigenvalue weighted by Crippen LogP contribution is 2.57. The molecule has 65 heavy (non-hydrogen) atoms. The standard InChI is InChI=1S/C64H47N/c1-63(2)59-24-14-12-22-55(59)57-40-34-49(42-62(57)63)48-32-37-53(38-33-48)65(52-35-30-47(31-36-52)46-28-26-45(27-29-46)44-16-6-3-7-17-44)54-39-41-61-58(43-54)56-23-13-15-25-60(56)64(61,50-18-8-4-9-19-50)51-20-10-5-11-21-51/h3-43H,1-2H3. The van der Waals surface area contributed by atoms with Crippen molar-refractivity contribution in [2.75, 3.05) is 4.90 Å². The summed E-state index contributed by atoms with van der Waals surface area (Å²) in [5.74, 6) is 0. The van der Waals surface area contributed by atoms with Crippen LogP contribution in [0.5, 0.6) is 0 Å². The quantitative estimate of drug-likeness (QED) is 0.147. The normalized spacial score (nSPS) is 13.6. The van der Waals surface area contributed by atoms with E-state index in [1.165, 1.54) is 89.0 Å². The third-order valence-electron chi connectivity index (χ3n) is 14.2. The maximum absolute atomic E-state index is 2.42. The monoisotopic (exact) mass is 829 g/mol. The van der Waals surface area contributed by atoms with Gasteiger partial charge in [-0.3, -0.25) is 0 Å². The average molecular weight is 830 g/mol. The Bertz CT molecular complexity index is 3310. The Morgan fingerprint density at radius 1 is 0.262 bits per heavy atom. The molecule has 0 amide bonds. The van der Waals surface area contributed by atoms with Crippen LogP contribution in [0.15, 0.2) is 249 Å². The Kier molecular flexibility index (Phi) is 9.14. The predicted molar refractivity (Wildman–Crippen MR) is 272 cm³/mol. The van der Waals surface area contributed by atoms with E-state index < -0.39 is 5.41 Å². The summed E-state index contributed by atoms with van der Waals surface area (Å²) in [6, 6.07) is 91.8. The fourth-order valence-corrected chi connectivity index (χ4v) is 11.0. The zero-order valence-electron chi connectivity index (χ0n) is 36.6. The first-order chi connectivity index (χ1) is 32.0. The first kappa shape index (κ1) is 38.7. The lowest BCUT2D eigenvalue weighted by Gasteiger charge is -2.34. The molecule has 308 valence electrons.